The summed E-state index contributed by atoms with van der Waals surface area (Å²) in [5, 5.41) is 3.65. The van der Waals surface area contributed by atoms with Gasteiger partial charge in [0.25, 0.3) is 0 Å². The van der Waals surface area contributed by atoms with Crippen molar-refractivity contribution in [2.45, 2.75) is 46.1 Å². The number of nitrogens with one attached hydrogen (secondary N) is 1. The van der Waals surface area contributed by atoms with Crippen molar-refractivity contribution in [3.63, 3.8) is 0 Å². The summed E-state index contributed by atoms with van der Waals surface area (Å²) in [6.07, 6.45) is 3.27. The zero-order valence-electron chi connectivity index (χ0n) is 12.8. The smallest absolute Gasteiger partial charge is 0.129 e. The van der Waals surface area contributed by atoms with Crippen molar-refractivity contribution < 1.29 is 9.13 Å². The highest BCUT2D eigenvalue weighted by molar-refractivity contribution is 5.32. The van der Waals surface area contributed by atoms with E-state index in [2.05, 4.69) is 12.2 Å². The second-order valence-corrected chi connectivity index (χ2v) is 5.85. The summed E-state index contributed by atoms with van der Waals surface area (Å²) < 4.78 is 19.3. The first-order valence-corrected chi connectivity index (χ1v) is 7.71. The molecule has 1 fully saturated rings. The van der Waals surface area contributed by atoms with Crippen LogP contribution >= 0.6 is 0 Å². The fourth-order valence-electron chi connectivity index (χ4n) is 3.06. The molecule has 0 aliphatic carbocycles. The number of halogens is 1. The first-order chi connectivity index (χ1) is 9.63. The summed E-state index contributed by atoms with van der Waals surface area (Å²) in [6, 6.07) is 4.33. The van der Waals surface area contributed by atoms with Crippen LogP contribution in [0.1, 0.15) is 48.9 Å². The molecule has 1 aliphatic rings. The first kappa shape index (κ1) is 15.5. The lowest BCUT2D eigenvalue weighted by Gasteiger charge is -2.32. The molecule has 1 aromatic carbocycles. The van der Waals surface area contributed by atoms with Gasteiger partial charge in [0.15, 0.2) is 0 Å². The van der Waals surface area contributed by atoms with Crippen LogP contribution in [0.4, 0.5) is 4.39 Å². The largest absolute Gasteiger partial charge is 0.381 e. The average Bonchev–Trinajstić information content (AvgIpc) is 2.46. The molecule has 0 radical (unpaired) electrons. The van der Waals surface area contributed by atoms with Crippen LogP contribution in [-0.2, 0) is 4.74 Å². The van der Waals surface area contributed by atoms with Gasteiger partial charge < -0.3 is 10.1 Å². The van der Waals surface area contributed by atoms with E-state index in [0.29, 0.717) is 12.0 Å². The highest BCUT2D eigenvalue weighted by Crippen LogP contribution is 2.31. The number of hydrogen-bond acceptors (Lipinski definition) is 2. The lowest BCUT2D eigenvalue weighted by atomic mass is 9.85. The van der Waals surface area contributed by atoms with Crippen LogP contribution < -0.4 is 5.32 Å². The molecule has 0 saturated carbocycles. The molecule has 2 nitrogen and oxygen atoms in total. The van der Waals surface area contributed by atoms with E-state index in [1.165, 1.54) is 5.56 Å². The van der Waals surface area contributed by atoms with E-state index in [4.69, 9.17) is 4.74 Å². The van der Waals surface area contributed by atoms with E-state index < -0.39 is 0 Å². The monoisotopic (exact) mass is 279 g/mol. The lowest BCUT2D eigenvalue weighted by Crippen LogP contribution is -2.32. The fourth-order valence-corrected chi connectivity index (χ4v) is 3.06. The molecule has 1 aliphatic heterocycles. The lowest BCUT2D eigenvalue weighted by molar-refractivity contribution is 0.0536. The molecule has 0 aromatic heterocycles. The number of rotatable bonds is 5. The topological polar surface area (TPSA) is 21.3 Å². The van der Waals surface area contributed by atoms with Crippen LogP contribution in [0.25, 0.3) is 0 Å². The third-order valence-corrected chi connectivity index (χ3v) is 4.17. The summed E-state index contributed by atoms with van der Waals surface area (Å²) in [5.41, 5.74) is 2.72. The zero-order valence-corrected chi connectivity index (χ0v) is 12.8. The molecular formula is C17H26FNO. The summed E-state index contributed by atoms with van der Waals surface area (Å²) in [7, 11) is 0. The van der Waals surface area contributed by atoms with Crippen LogP contribution in [0.5, 0.6) is 0 Å². The third kappa shape index (κ3) is 3.58. The van der Waals surface area contributed by atoms with Gasteiger partial charge in [-0.3, -0.25) is 0 Å². The van der Waals surface area contributed by atoms with Crippen molar-refractivity contribution in [2.24, 2.45) is 5.92 Å². The van der Waals surface area contributed by atoms with Crippen LogP contribution in [0.15, 0.2) is 12.1 Å². The molecule has 20 heavy (non-hydrogen) atoms. The molecule has 2 rings (SSSR count). The summed E-state index contributed by atoms with van der Waals surface area (Å²) in [6.45, 7) is 8.56. The molecule has 3 heteroatoms. The predicted molar refractivity (Wildman–Crippen MR) is 80.5 cm³/mol. The second kappa shape index (κ2) is 7.19. The minimum absolute atomic E-state index is 0.0741. The summed E-state index contributed by atoms with van der Waals surface area (Å²) in [4.78, 5) is 0. The van der Waals surface area contributed by atoms with Gasteiger partial charge in [0.05, 0.1) is 0 Å². The van der Waals surface area contributed by atoms with Gasteiger partial charge in [0.2, 0.25) is 0 Å². The van der Waals surface area contributed by atoms with Gasteiger partial charge in [0, 0.05) is 19.3 Å². The molecule has 0 spiro atoms. The van der Waals surface area contributed by atoms with Crippen LogP contribution in [-0.4, -0.2) is 19.8 Å². The SMILES string of the molecule is CCCNC(c1cc(C)c(F)c(C)c1)C1CCOCC1. The van der Waals surface area contributed by atoms with Gasteiger partial charge in [-0.1, -0.05) is 19.1 Å². The van der Waals surface area contributed by atoms with Crippen molar-refractivity contribution in [3.8, 4) is 0 Å². The summed E-state index contributed by atoms with van der Waals surface area (Å²) >= 11 is 0. The van der Waals surface area contributed by atoms with Crippen molar-refractivity contribution in [3.05, 3.63) is 34.6 Å². The molecule has 1 saturated heterocycles. The Kier molecular flexibility index (Phi) is 5.55. The van der Waals surface area contributed by atoms with E-state index in [0.717, 1.165) is 50.1 Å². The van der Waals surface area contributed by atoms with Gasteiger partial charge in [-0.25, -0.2) is 4.39 Å². The van der Waals surface area contributed by atoms with Crippen LogP contribution in [0, 0.1) is 25.6 Å². The normalized spacial score (nSPS) is 18.2. The van der Waals surface area contributed by atoms with Crippen LogP contribution in [0.2, 0.25) is 0 Å². The van der Waals surface area contributed by atoms with Crippen molar-refractivity contribution in [1.82, 2.24) is 5.32 Å². The molecule has 1 unspecified atom stereocenters. The van der Waals surface area contributed by atoms with Crippen molar-refractivity contribution in [1.29, 1.82) is 0 Å². The summed E-state index contributed by atoms with van der Waals surface area (Å²) in [5.74, 6) is 0.509. The van der Waals surface area contributed by atoms with Gasteiger partial charge >= 0.3 is 0 Å². The molecule has 1 atom stereocenters. The predicted octanol–water partition coefficient (Wildman–Crippen LogP) is 3.91. The first-order valence-electron chi connectivity index (χ1n) is 7.71. The Labute approximate surface area is 121 Å². The minimum Gasteiger partial charge on any atom is -0.381 e. The number of ether oxygens (including phenoxy) is 1. The molecular weight excluding hydrogens is 253 g/mol. The Morgan fingerprint density at radius 3 is 2.40 bits per heavy atom. The Hall–Kier alpha value is -0.930. The van der Waals surface area contributed by atoms with E-state index in [1.54, 1.807) is 0 Å². The van der Waals surface area contributed by atoms with Crippen LogP contribution in [0.3, 0.4) is 0 Å². The van der Waals surface area contributed by atoms with Gasteiger partial charge in [0.1, 0.15) is 5.82 Å². The molecule has 0 bridgehead atoms. The molecule has 1 heterocycles. The Morgan fingerprint density at radius 2 is 1.85 bits per heavy atom. The van der Waals surface area contributed by atoms with Crippen molar-refractivity contribution in [2.75, 3.05) is 19.8 Å². The Morgan fingerprint density at radius 1 is 1.25 bits per heavy atom. The number of benzene rings is 1. The highest BCUT2D eigenvalue weighted by atomic mass is 19.1. The standard InChI is InChI=1S/C17H26FNO/c1-4-7-19-17(14-5-8-20-9-6-14)15-10-12(2)16(18)13(3)11-15/h10-11,14,17,19H,4-9H2,1-3H3. The maximum absolute atomic E-state index is 13.8. The average molecular weight is 279 g/mol. The van der Waals surface area contributed by atoms with E-state index >= 15 is 0 Å². The maximum Gasteiger partial charge on any atom is 0.129 e. The Bertz CT molecular complexity index is 418. The third-order valence-electron chi connectivity index (χ3n) is 4.17. The Balaban J connectivity index is 2.25. The van der Waals surface area contributed by atoms with E-state index in [-0.39, 0.29) is 5.82 Å². The number of aryl methyl sites for hydroxylation is 2. The quantitative estimate of drug-likeness (QED) is 0.882. The molecule has 1 N–H and O–H groups in total. The molecule has 112 valence electrons. The van der Waals surface area contributed by atoms with Gasteiger partial charge in [-0.05, 0) is 62.3 Å². The van der Waals surface area contributed by atoms with Gasteiger partial charge in [-0.15, -0.1) is 0 Å². The highest BCUT2D eigenvalue weighted by Gasteiger charge is 2.25. The molecule has 1 aromatic rings. The van der Waals surface area contributed by atoms with Gasteiger partial charge in [-0.2, -0.15) is 0 Å². The van der Waals surface area contributed by atoms with E-state index in [1.807, 2.05) is 26.0 Å². The van der Waals surface area contributed by atoms with Crippen molar-refractivity contribution >= 4 is 0 Å². The number of hydrogen-bond donors (Lipinski definition) is 1. The maximum atomic E-state index is 13.8. The minimum atomic E-state index is -0.0741. The van der Waals surface area contributed by atoms with E-state index in [9.17, 15) is 4.39 Å². The zero-order chi connectivity index (χ0) is 14.5. The second-order valence-electron chi connectivity index (χ2n) is 5.85. The molecule has 0 amide bonds. The fraction of sp³-hybridized carbons (Fsp3) is 0.647.